The molecule has 2 N–H and O–H groups in total. The Morgan fingerprint density at radius 3 is 1.97 bits per heavy atom. The number of amides is 2. The van der Waals surface area contributed by atoms with Gasteiger partial charge in [-0.15, -0.1) is 0 Å². The lowest BCUT2D eigenvalue weighted by molar-refractivity contribution is -0.213. The molecule has 2 atom stereocenters. The maximum atomic E-state index is 13.2. The first-order chi connectivity index (χ1) is 17.1. The van der Waals surface area contributed by atoms with E-state index in [4.69, 9.17) is 9.47 Å². The quantitative estimate of drug-likeness (QED) is 0.436. The molecule has 1 fully saturated rings. The third-order valence-corrected chi connectivity index (χ3v) is 6.34. The Labute approximate surface area is 203 Å². The zero-order valence-electron chi connectivity index (χ0n) is 19.0. The second-order valence-corrected chi connectivity index (χ2v) is 8.52. The minimum atomic E-state index is -1.37. The van der Waals surface area contributed by atoms with Crippen LogP contribution < -0.4 is 5.32 Å². The minimum absolute atomic E-state index is 0.198. The first-order valence-electron chi connectivity index (χ1n) is 11.6. The average Bonchev–Trinajstić information content (AvgIpc) is 3.40. The summed E-state index contributed by atoms with van der Waals surface area (Å²) in [5.41, 5.74) is 2.33. The molecule has 178 valence electrons. The van der Waals surface area contributed by atoms with Crippen LogP contribution in [0, 0.1) is 0 Å². The summed E-state index contributed by atoms with van der Waals surface area (Å²) in [5, 5.41) is 15.0. The van der Waals surface area contributed by atoms with Gasteiger partial charge in [0.25, 0.3) is 11.8 Å². The van der Waals surface area contributed by atoms with Crippen LogP contribution in [0.1, 0.15) is 32.7 Å². The molecule has 35 heavy (non-hydrogen) atoms. The van der Waals surface area contributed by atoms with Gasteiger partial charge in [0, 0.05) is 16.7 Å². The lowest BCUT2D eigenvalue weighted by Gasteiger charge is -2.45. The summed E-state index contributed by atoms with van der Waals surface area (Å²) in [7, 11) is 0. The minimum Gasteiger partial charge on any atom is -0.346 e. The van der Waals surface area contributed by atoms with Crippen molar-refractivity contribution in [1.29, 1.82) is 0 Å². The molecule has 0 aromatic heterocycles. The van der Waals surface area contributed by atoms with Crippen molar-refractivity contribution in [3.05, 3.63) is 114 Å². The summed E-state index contributed by atoms with van der Waals surface area (Å²) in [6.07, 6.45) is 2.10. The predicted molar refractivity (Wildman–Crippen MR) is 130 cm³/mol. The molecule has 5 rings (SSSR count). The summed E-state index contributed by atoms with van der Waals surface area (Å²) >= 11 is 0. The molecule has 0 unspecified atom stereocenters. The molecule has 1 heterocycles. The third-order valence-electron chi connectivity index (χ3n) is 6.34. The lowest BCUT2D eigenvalue weighted by atomic mass is 9.81. The van der Waals surface area contributed by atoms with Crippen LogP contribution in [0.3, 0.4) is 0 Å². The number of hydroxylamine groups is 2. The summed E-state index contributed by atoms with van der Waals surface area (Å²) < 4.78 is 12.3. The van der Waals surface area contributed by atoms with Gasteiger partial charge in [-0.2, -0.15) is 0 Å². The van der Waals surface area contributed by atoms with Gasteiger partial charge in [-0.05, 0) is 36.2 Å². The number of ether oxygens (including phenoxy) is 2. The van der Waals surface area contributed by atoms with E-state index in [0.29, 0.717) is 35.0 Å². The predicted octanol–water partition coefficient (Wildman–Crippen LogP) is 3.92. The van der Waals surface area contributed by atoms with E-state index in [1.165, 1.54) is 0 Å². The van der Waals surface area contributed by atoms with Crippen molar-refractivity contribution in [1.82, 2.24) is 10.4 Å². The molecule has 3 aromatic rings. The molecule has 0 bridgehead atoms. The smallest absolute Gasteiger partial charge is 0.277 e. The molecular weight excluding hydrogens is 444 g/mol. The molecule has 1 saturated heterocycles. The summed E-state index contributed by atoms with van der Waals surface area (Å²) in [5.74, 6) is -2.19. The molecule has 0 saturated carbocycles. The Morgan fingerprint density at radius 1 is 0.829 bits per heavy atom. The van der Waals surface area contributed by atoms with Gasteiger partial charge in [-0.1, -0.05) is 72.8 Å². The first kappa shape index (κ1) is 23.0. The number of nitrogens with zero attached hydrogens (tertiary/aromatic N) is 1. The van der Waals surface area contributed by atoms with Crippen molar-refractivity contribution in [3.8, 4) is 0 Å². The van der Waals surface area contributed by atoms with Crippen LogP contribution in [-0.2, 0) is 9.47 Å². The lowest BCUT2D eigenvalue weighted by Crippen LogP contribution is -2.59. The van der Waals surface area contributed by atoms with Crippen LogP contribution >= 0.6 is 0 Å². The Bertz CT molecular complexity index is 1210. The molecule has 7 heteroatoms. The highest BCUT2D eigenvalue weighted by Gasteiger charge is 2.55. The van der Waals surface area contributed by atoms with E-state index in [9.17, 15) is 14.8 Å². The van der Waals surface area contributed by atoms with Crippen molar-refractivity contribution in [2.75, 3.05) is 13.2 Å². The van der Waals surface area contributed by atoms with Crippen LogP contribution in [-0.4, -0.2) is 53.2 Å². The molecule has 0 radical (unpaired) electrons. The van der Waals surface area contributed by atoms with Crippen LogP contribution in [0.25, 0.3) is 5.57 Å². The second-order valence-electron chi connectivity index (χ2n) is 8.52. The number of carbonyl (C=O) groups is 2. The zero-order valence-corrected chi connectivity index (χ0v) is 19.0. The highest BCUT2D eigenvalue weighted by molar-refractivity contribution is 5.95. The Morgan fingerprint density at radius 2 is 1.37 bits per heavy atom. The van der Waals surface area contributed by atoms with Gasteiger partial charge in [0.1, 0.15) is 6.04 Å². The van der Waals surface area contributed by atoms with Gasteiger partial charge in [0.2, 0.25) is 5.79 Å². The van der Waals surface area contributed by atoms with Crippen molar-refractivity contribution in [2.24, 2.45) is 0 Å². The van der Waals surface area contributed by atoms with Crippen LogP contribution in [0.4, 0.5) is 0 Å². The summed E-state index contributed by atoms with van der Waals surface area (Å²) in [6, 6.07) is 25.6. The SMILES string of the molecule is O=C(N[C@@H]1C=C(c2ccccc2)C2(OCCO2)[C@H](N(O)C(=O)c2ccccc2)C1)c1ccccc1. The molecule has 2 amide bonds. The highest BCUT2D eigenvalue weighted by Crippen LogP contribution is 2.44. The molecule has 2 aliphatic rings. The van der Waals surface area contributed by atoms with Gasteiger partial charge in [-0.3, -0.25) is 14.8 Å². The van der Waals surface area contributed by atoms with Crippen molar-refractivity contribution in [3.63, 3.8) is 0 Å². The number of benzene rings is 3. The fourth-order valence-corrected chi connectivity index (χ4v) is 4.71. The van der Waals surface area contributed by atoms with Gasteiger partial charge in [-0.25, -0.2) is 5.06 Å². The van der Waals surface area contributed by atoms with E-state index >= 15 is 0 Å². The highest BCUT2D eigenvalue weighted by atomic mass is 16.7. The topological polar surface area (TPSA) is 88.1 Å². The Hall–Kier alpha value is -3.78. The van der Waals surface area contributed by atoms with Gasteiger partial charge >= 0.3 is 0 Å². The fraction of sp³-hybridized carbons (Fsp3) is 0.214. The second kappa shape index (κ2) is 9.84. The van der Waals surface area contributed by atoms with Crippen molar-refractivity contribution >= 4 is 17.4 Å². The molecule has 1 aliphatic carbocycles. The third kappa shape index (κ3) is 4.49. The van der Waals surface area contributed by atoms with Crippen LogP contribution in [0.2, 0.25) is 0 Å². The van der Waals surface area contributed by atoms with E-state index in [2.05, 4.69) is 5.32 Å². The number of hydrogen-bond donors (Lipinski definition) is 2. The number of hydrogen-bond acceptors (Lipinski definition) is 5. The van der Waals surface area contributed by atoms with Gasteiger partial charge < -0.3 is 14.8 Å². The summed E-state index contributed by atoms with van der Waals surface area (Å²) in [6.45, 7) is 0.629. The van der Waals surface area contributed by atoms with E-state index in [1.807, 2.05) is 42.5 Å². The van der Waals surface area contributed by atoms with Crippen molar-refractivity contribution in [2.45, 2.75) is 24.3 Å². The normalized spacial score (nSPS) is 20.8. The zero-order chi connectivity index (χ0) is 24.3. The Kier molecular flexibility index (Phi) is 6.46. The number of rotatable bonds is 5. The fourth-order valence-electron chi connectivity index (χ4n) is 4.71. The Balaban J connectivity index is 1.54. The molecule has 1 aliphatic heterocycles. The monoisotopic (exact) mass is 470 g/mol. The standard InChI is InChI=1S/C28H26N2O5/c31-26(21-12-6-2-7-13-21)29-23-18-24(20-10-4-1-5-11-20)28(34-16-17-35-28)25(19-23)30(33)27(32)22-14-8-3-9-15-22/h1-15,18,23,25,33H,16-17,19H2,(H,29,31)/t23-,25-/m1/s1. The van der Waals surface area contributed by atoms with Gasteiger partial charge in [0.15, 0.2) is 0 Å². The maximum absolute atomic E-state index is 13.2. The average molecular weight is 471 g/mol. The van der Waals surface area contributed by atoms with Crippen LogP contribution in [0.15, 0.2) is 97.1 Å². The van der Waals surface area contributed by atoms with E-state index in [-0.39, 0.29) is 12.3 Å². The van der Waals surface area contributed by atoms with E-state index < -0.39 is 23.8 Å². The molecule has 7 nitrogen and oxygen atoms in total. The van der Waals surface area contributed by atoms with Crippen molar-refractivity contribution < 1.29 is 24.3 Å². The molecule has 1 spiro atoms. The first-order valence-corrected chi connectivity index (χ1v) is 11.6. The van der Waals surface area contributed by atoms with E-state index in [0.717, 1.165) is 5.56 Å². The van der Waals surface area contributed by atoms with E-state index in [1.54, 1.807) is 54.6 Å². The number of carbonyl (C=O) groups excluding carboxylic acids is 2. The largest absolute Gasteiger partial charge is 0.346 e. The molecule has 3 aromatic carbocycles. The van der Waals surface area contributed by atoms with Crippen LogP contribution in [0.5, 0.6) is 0 Å². The molecular formula is C28H26N2O5. The maximum Gasteiger partial charge on any atom is 0.277 e. The number of nitrogens with one attached hydrogen (secondary N) is 1. The van der Waals surface area contributed by atoms with Gasteiger partial charge in [0.05, 0.1) is 19.3 Å². The summed E-state index contributed by atoms with van der Waals surface area (Å²) in [4.78, 5) is 26.2.